The molecule has 1 nitrogen and oxygen atoms in total. The van der Waals surface area contributed by atoms with Crippen molar-refractivity contribution in [3.63, 3.8) is 0 Å². The predicted octanol–water partition coefficient (Wildman–Crippen LogP) is -0.0881. The summed E-state index contributed by atoms with van der Waals surface area (Å²) in [6.45, 7) is 0. The van der Waals surface area contributed by atoms with E-state index < -0.39 is 0 Å². The first-order chi connectivity index (χ1) is 3.93. The van der Waals surface area contributed by atoms with Gasteiger partial charge < -0.3 is 4.43 Å². The Hall–Kier alpha value is 0.657. The molecule has 0 N–H and O–H groups in total. The first-order valence-corrected chi connectivity index (χ1v) is 4.05. The fraction of sp³-hybridized carbons (Fsp3) is 0.333. The Morgan fingerprint density at radius 3 is 2.89 bits per heavy atom. The van der Waals surface area contributed by atoms with E-state index in [0.29, 0.717) is 0 Å². The summed E-state index contributed by atoms with van der Waals surface area (Å²) >= 11 is 0. The normalized spacial score (nSPS) is 16.3. The summed E-state index contributed by atoms with van der Waals surface area (Å²) in [7, 11) is 1.48. The van der Waals surface area contributed by atoms with Gasteiger partial charge in [0.2, 0.25) is 0 Å². The van der Waals surface area contributed by atoms with Gasteiger partial charge in [0.1, 0.15) is 0 Å². The van der Waals surface area contributed by atoms with Crippen LogP contribution in [0.25, 0.3) is 0 Å². The molecule has 0 aromatic heterocycles. The van der Waals surface area contributed by atoms with E-state index in [9.17, 15) is 0 Å². The van der Waals surface area contributed by atoms with Crippen molar-refractivity contribution in [3.8, 4) is 0 Å². The maximum atomic E-state index is 5.06. The van der Waals surface area contributed by atoms with Crippen LogP contribution in [0, 0.1) is 0 Å². The van der Waals surface area contributed by atoms with Crippen LogP contribution in [0.15, 0.2) is 23.4 Å². The van der Waals surface area contributed by atoms with Crippen LogP contribution in [0.4, 0.5) is 0 Å². The van der Waals surface area contributed by atoms with Crippen molar-refractivity contribution >= 4 is 39.3 Å². The number of hydrogen-bond acceptors (Lipinski definition) is 1. The molecule has 1 rings (SSSR count). The van der Waals surface area contributed by atoms with Crippen LogP contribution in [0.2, 0.25) is 0 Å². The average molecular weight is 150 g/mol. The summed E-state index contributed by atoms with van der Waals surface area (Å²) in [6, 6.07) is 0. The quantitative estimate of drug-likeness (QED) is 0.500. The minimum atomic E-state index is -0.303. The van der Waals surface area contributed by atoms with Gasteiger partial charge in [0.25, 0.3) is 0 Å². The summed E-state index contributed by atoms with van der Waals surface area (Å²) in [5, 5.41) is 1.51. The molecule has 0 radical (unpaired) electrons. The zero-order valence-electron chi connectivity index (χ0n) is 5.05. The topological polar surface area (TPSA) is 9.23 Å². The fourth-order valence-electron chi connectivity index (χ4n) is 0.784. The monoisotopic (exact) mass is 150 g/mol. The van der Waals surface area contributed by atoms with E-state index in [0.717, 1.165) is 6.42 Å². The standard InChI is InChI=1S/C6H10OSi.Na.H/c1-7-8-6-4-2-3-5-6;;/h2-4H,5,8H2,1H3;;. The van der Waals surface area contributed by atoms with Gasteiger partial charge in [-0.25, -0.2) is 0 Å². The maximum absolute atomic E-state index is 5.06. The minimum absolute atomic E-state index is 0. The van der Waals surface area contributed by atoms with Crippen molar-refractivity contribution in [2.75, 3.05) is 7.11 Å². The van der Waals surface area contributed by atoms with Gasteiger partial charge in [-0.15, -0.1) is 0 Å². The van der Waals surface area contributed by atoms with Gasteiger partial charge in [0, 0.05) is 7.11 Å². The zero-order chi connectivity index (χ0) is 5.82. The first-order valence-electron chi connectivity index (χ1n) is 2.77. The molecule has 0 spiro atoms. The van der Waals surface area contributed by atoms with E-state index in [4.69, 9.17) is 4.43 Å². The Bertz CT molecular complexity index is 131. The SMILES string of the molecule is CO[SiH2]C1=CC=CC1.[NaH]. The molecule has 9 heavy (non-hydrogen) atoms. The molecule has 0 saturated carbocycles. The molecule has 0 fully saturated rings. The number of allylic oxidation sites excluding steroid dienone is 4. The fourth-order valence-corrected chi connectivity index (χ4v) is 1.67. The Morgan fingerprint density at radius 2 is 2.44 bits per heavy atom. The number of hydrogen-bond donors (Lipinski definition) is 0. The first kappa shape index (κ1) is 9.66. The molecule has 0 amide bonds. The van der Waals surface area contributed by atoms with Crippen molar-refractivity contribution in [2.24, 2.45) is 0 Å². The molecule has 1 aliphatic carbocycles. The molecule has 0 bridgehead atoms. The van der Waals surface area contributed by atoms with Crippen molar-refractivity contribution < 1.29 is 4.43 Å². The molecule has 3 heteroatoms. The molecule has 0 aliphatic heterocycles. The van der Waals surface area contributed by atoms with Gasteiger partial charge in [-0.1, -0.05) is 23.4 Å². The third kappa shape index (κ3) is 3.38. The second kappa shape index (κ2) is 5.44. The molecule has 0 unspecified atom stereocenters. The second-order valence-electron chi connectivity index (χ2n) is 1.89. The Balaban J connectivity index is 0.000000640. The van der Waals surface area contributed by atoms with E-state index >= 15 is 0 Å². The molecular formula is C6H11NaOSi. The van der Waals surface area contributed by atoms with Crippen molar-refractivity contribution in [3.05, 3.63) is 23.4 Å². The van der Waals surface area contributed by atoms with Crippen LogP contribution >= 0.6 is 0 Å². The predicted molar refractivity (Wildman–Crippen MR) is 44.5 cm³/mol. The summed E-state index contributed by atoms with van der Waals surface area (Å²) in [4.78, 5) is 0. The molecule has 0 saturated heterocycles. The molecule has 46 valence electrons. The summed E-state index contributed by atoms with van der Waals surface area (Å²) in [5.74, 6) is 0. The van der Waals surface area contributed by atoms with E-state index in [1.165, 1.54) is 5.20 Å². The molecule has 1 aliphatic rings. The van der Waals surface area contributed by atoms with Gasteiger partial charge in [0.05, 0.1) is 0 Å². The average Bonchev–Trinajstić information content (AvgIpc) is 2.19. The van der Waals surface area contributed by atoms with Crippen LogP contribution in [-0.4, -0.2) is 46.4 Å². The Labute approximate surface area is 80.4 Å². The number of rotatable bonds is 2. The molecule has 0 aromatic carbocycles. The van der Waals surface area contributed by atoms with Gasteiger partial charge in [0.15, 0.2) is 9.76 Å². The van der Waals surface area contributed by atoms with Crippen molar-refractivity contribution in [1.29, 1.82) is 0 Å². The molecule has 0 aromatic rings. The van der Waals surface area contributed by atoms with Crippen LogP contribution in [0.1, 0.15) is 6.42 Å². The second-order valence-corrected chi connectivity index (χ2v) is 3.66. The summed E-state index contributed by atoms with van der Waals surface area (Å²) < 4.78 is 5.06. The van der Waals surface area contributed by atoms with Crippen molar-refractivity contribution in [1.82, 2.24) is 0 Å². The van der Waals surface area contributed by atoms with E-state index in [1.54, 1.807) is 7.11 Å². The summed E-state index contributed by atoms with van der Waals surface area (Å²) in [5.41, 5.74) is 0. The van der Waals surface area contributed by atoms with Crippen LogP contribution in [0.3, 0.4) is 0 Å². The third-order valence-corrected chi connectivity index (χ3v) is 2.36. The third-order valence-electron chi connectivity index (χ3n) is 1.18. The van der Waals surface area contributed by atoms with E-state index in [-0.39, 0.29) is 39.3 Å². The summed E-state index contributed by atoms with van der Waals surface area (Å²) in [6.07, 6.45) is 7.57. The molecular weight excluding hydrogens is 139 g/mol. The van der Waals surface area contributed by atoms with E-state index in [2.05, 4.69) is 18.2 Å². The van der Waals surface area contributed by atoms with Crippen LogP contribution in [-0.2, 0) is 4.43 Å². The van der Waals surface area contributed by atoms with Gasteiger partial charge in [-0.3, -0.25) is 0 Å². The van der Waals surface area contributed by atoms with Crippen LogP contribution in [0.5, 0.6) is 0 Å². The van der Waals surface area contributed by atoms with E-state index in [1.807, 2.05) is 0 Å². The van der Waals surface area contributed by atoms with Crippen molar-refractivity contribution in [2.45, 2.75) is 6.42 Å². The Morgan fingerprint density at radius 1 is 1.67 bits per heavy atom. The Kier molecular flexibility index (Phi) is 5.84. The van der Waals surface area contributed by atoms with Gasteiger partial charge >= 0.3 is 29.6 Å². The van der Waals surface area contributed by atoms with Crippen LogP contribution < -0.4 is 0 Å². The molecule has 0 heterocycles. The van der Waals surface area contributed by atoms with Gasteiger partial charge in [-0.05, 0) is 6.42 Å². The van der Waals surface area contributed by atoms with Gasteiger partial charge in [-0.2, -0.15) is 0 Å². The molecule has 0 atom stereocenters. The zero-order valence-corrected chi connectivity index (χ0v) is 6.47.